The summed E-state index contributed by atoms with van der Waals surface area (Å²) in [4.78, 5) is 37.6. The van der Waals surface area contributed by atoms with E-state index < -0.39 is 60.1 Å². The van der Waals surface area contributed by atoms with Gasteiger partial charge in [0.1, 0.15) is 6.04 Å². The predicted octanol–water partition coefficient (Wildman–Crippen LogP) is 0.552. The van der Waals surface area contributed by atoms with Gasteiger partial charge in [0.15, 0.2) is 5.57 Å². The lowest BCUT2D eigenvalue weighted by Gasteiger charge is -2.33. The molecule has 13 heteroatoms. The molecule has 0 aromatic rings. The van der Waals surface area contributed by atoms with E-state index in [1.807, 2.05) is 20.8 Å². The Hall–Kier alpha value is -2.80. The Labute approximate surface area is 183 Å². The van der Waals surface area contributed by atoms with Gasteiger partial charge in [0.25, 0.3) is 11.8 Å². The number of amides is 3. The van der Waals surface area contributed by atoms with E-state index in [1.165, 1.54) is 6.08 Å². The van der Waals surface area contributed by atoms with Crippen LogP contribution in [0.2, 0.25) is 0 Å². The van der Waals surface area contributed by atoms with Crippen LogP contribution in [0, 0.1) is 5.41 Å². The Morgan fingerprint density at radius 2 is 1.94 bits per heavy atom. The zero-order valence-corrected chi connectivity index (χ0v) is 18.0. The van der Waals surface area contributed by atoms with E-state index in [0.717, 1.165) is 24.1 Å². The highest BCUT2D eigenvalue weighted by molar-refractivity contribution is 6.19. The molecule has 1 aliphatic heterocycles. The van der Waals surface area contributed by atoms with Crippen molar-refractivity contribution in [2.24, 2.45) is 5.41 Å². The average molecular weight is 463 g/mol. The van der Waals surface area contributed by atoms with Crippen LogP contribution in [0.3, 0.4) is 0 Å². The number of nitrogens with one attached hydrogen (secondary N) is 4. The second-order valence-corrected chi connectivity index (χ2v) is 8.62. The first-order valence-corrected chi connectivity index (χ1v) is 10.0. The second-order valence-electron chi connectivity index (χ2n) is 8.62. The highest BCUT2D eigenvalue weighted by atomic mass is 19.4. The van der Waals surface area contributed by atoms with Gasteiger partial charge < -0.3 is 21.1 Å². The minimum Gasteiger partial charge on any atom is -0.493 e. The summed E-state index contributed by atoms with van der Waals surface area (Å²) in [7, 11) is 0. The van der Waals surface area contributed by atoms with Gasteiger partial charge in [-0.25, -0.2) is 5.43 Å². The monoisotopic (exact) mass is 463 g/mol. The number of hydrogen-bond acceptors (Lipinski definition) is 7. The number of aliphatic hydroxyl groups is 1. The molecule has 2 rings (SSSR count). The summed E-state index contributed by atoms with van der Waals surface area (Å²) in [6, 6.07) is -1.25. The molecule has 0 spiro atoms. The minimum atomic E-state index is -4.82. The molecule has 1 saturated carbocycles. The molecule has 0 aromatic heterocycles. The first-order chi connectivity index (χ1) is 14.8. The summed E-state index contributed by atoms with van der Waals surface area (Å²) in [5.41, 5.74) is 1.75. The molecule has 0 bridgehead atoms. The van der Waals surface area contributed by atoms with Gasteiger partial charge in [-0.05, 0) is 24.3 Å². The summed E-state index contributed by atoms with van der Waals surface area (Å²) < 4.78 is 39.9. The van der Waals surface area contributed by atoms with Crippen LogP contribution in [0.25, 0.3) is 0 Å². The maximum Gasteiger partial charge on any atom is 0.522 e. The van der Waals surface area contributed by atoms with Gasteiger partial charge in [0, 0.05) is 25.3 Å². The lowest BCUT2D eigenvalue weighted by atomic mass is 9.96. The van der Waals surface area contributed by atoms with Crippen molar-refractivity contribution in [3.8, 4) is 0 Å². The molecule has 3 amide bonds. The Morgan fingerprint density at radius 3 is 2.50 bits per heavy atom. The average Bonchev–Trinajstić information content (AvgIpc) is 3.44. The number of alkyl halides is 3. The Morgan fingerprint density at radius 1 is 1.28 bits per heavy atom. The molecule has 1 aliphatic carbocycles. The van der Waals surface area contributed by atoms with Crippen molar-refractivity contribution in [3.05, 3.63) is 23.7 Å². The molecule has 10 nitrogen and oxygen atoms in total. The maximum atomic E-state index is 12.6. The van der Waals surface area contributed by atoms with Crippen LogP contribution < -0.4 is 21.4 Å². The molecule has 1 heterocycles. The molecule has 1 atom stereocenters. The van der Waals surface area contributed by atoms with Crippen molar-refractivity contribution in [1.82, 2.24) is 26.4 Å². The molecule has 5 N–H and O–H groups in total. The van der Waals surface area contributed by atoms with Crippen molar-refractivity contribution in [2.75, 3.05) is 19.7 Å². The number of hydrogen-bond donors (Lipinski definition) is 5. The van der Waals surface area contributed by atoms with E-state index in [4.69, 9.17) is 0 Å². The Balaban J connectivity index is 2.22. The normalized spacial score (nSPS) is 21.2. The van der Waals surface area contributed by atoms with Crippen LogP contribution >= 0.6 is 0 Å². The number of aliphatic hydroxyl groups excluding tert-OH is 1. The van der Waals surface area contributed by atoms with Gasteiger partial charge in [-0.1, -0.05) is 20.8 Å². The summed E-state index contributed by atoms with van der Waals surface area (Å²) in [5, 5.41) is 19.2. The second kappa shape index (κ2) is 10.2. The molecule has 0 saturated heterocycles. The number of nitrogens with zero attached hydrogens (tertiary/aromatic N) is 1. The van der Waals surface area contributed by atoms with Crippen LogP contribution in [0.15, 0.2) is 23.7 Å². The highest BCUT2D eigenvalue weighted by Gasteiger charge is 2.34. The number of carbonyl (C=O) groups is 3. The Bertz CT molecular complexity index is 787. The van der Waals surface area contributed by atoms with Gasteiger partial charge in [-0.15, -0.1) is 13.2 Å². The van der Waals surface area contributed by atoms with Crippen LogP contribution in [0.1, 0.15) is 33.6 Å². The molecular weight excluding hydrogens is 435 g/mol. The molecule has 0 radical (unpaired) electrons. The van der Waals surface area contributed by atoms with E-state index in [2.05, 4.69) is 26.1 Å². The van der Waals surface area contributed by atoms with Crippen LogP contribution in [0.4, 0.5) is 13.2 Å². The summed E-state index contributed by atoms with van der Waals surface area (Å²) >= 11 is 0. The molecule has 32 heavy (non-hydrogen) atoms. The highest BCUT2D eigenvalue weighted by Crippen LogP contribution is 2.22. The molecule has 0 aromatic carbocycles. The number of halogens is 3. The van der Waals surface area contributed by atoms with Crippen LogP contribution in [0.5, 0.6) is 0 Å². The topological polar surface area (TPSA) is 132 Å². The van der Waals surface area contributed by atoms with E-state index in [9.17, 15) is 32.7 Å². The number of hydrazine groups is 1. The summed E-state index contributed by atoms with van der Waals surface area (Å²) in [6.07, 6.45) is -0.924. The summed E-state index contributed by atoms with van der Waals surface area (Å²) in [5.74, 6) is -3.06. The summed E-state index contributed by atoms with van der Waals surface area (Å²) in [6.45, 7) is 4.37. The van der Waals surface area contributed by atoms with Crippen LogP contribution in [-0.4, -0.2) is 66.0 Å². The molecule has 2 aliphatic rings. The SMILES string of the molecule is CC(C)(C)CN1NC(C(=O)NCCOC(F)(F)F)/C=C/NC(=O)C(C(=O)NC2CC2)=C1O. The lowest BCUT2D eigenvalue weighted by Crippen LogP contribution is -2.53. The molecule has 1 fully saturated rings. The van der Waals surface area contributed by atoms with E-state index in [0.29, 0.717) is 0 Å². The van der Waals surface area contributed by atoms with Crippen molar-refractivity contribution < 1.29 is 37.4 Å². The van der Waals surface area contributed by atoms with E-state index >= 15 is 0 Å². The number of carbonyl (C=O) groups excluding carboxylic acids is 3. The first kappa shape index (κ1) is 25.5. The van der Waals surface area contributed by atoms with Crippen molar-refractivity contribution >= 4 is 17.7 Å². The molecule has 180 valence electrons. The third-order valence-electron chi connectivity index (χ3n) is 4.23. The fourth-order valence-corrected chi connectivity index (χ4v) is 2.68. The molecule has 1 unspecified atom stereocenters. The van der Waals surface area contributed by atoms with Crippen LogP contribution in [-0.2, 0) is 19.1 Å². The number of rotatable bonds is 7. The van der Waals surface area contributed by atoms with Crippen molar-refractivity contribution in [2.45, 2.75) is 52.1 Å². The Kier molecular flexibility index (Phi) is 8.13. The quantitative estimate of drug-likeness (QED) is 0.275. The number of ether oxygens (including phenoxy) is 1. The minimum absolute atomic E-state index is 0.0692. The van der Waals surface area contributed by atoms with Gasteiger partial charge in [0.05, 0.1) is 6.61 Å². The van der Waals surface area contributed by atoms with E-state index in [-0.39, 0.29) is 12.6 Å². The largest absolute Gasteiger partial charge is 0.522 e. The van der Waals surface area contributed by atoms with Crippen molar-refractivity contribution in [1.29, 1.82) is 0 Å². The molecular formula is C19H28F3N5O5. The standard InChI is InChI=1S/C19H28F3N5O5/c1-18(2,3)10-27-17(31)13(16(30)25-11-4-5-11)15(29)23-7-6-12(26-27)14(28)24-8-9-32-19(20,21)22/h6-7,11-12,26,31H,4-5,8-10H2,1-3H3,(H,23,29)(H,24,28)(H,25,30)/b7-6+,17-13?. The van der Waals surface area contributed by atoms with Gasteiger partial charge >= 0.3 is 6.36 Å². The predicted molar refractivity (Wildman–Crippen MR) is 106 cm³/mol. The zero-order valence-electron chi connectivity index (χ0n) is 18.0. The lowest BCUT2D eigenvalue weighted by molar-refractivity contribution is -0.323. The third kappa shape index (κ3) is 8.38. The zero-order chi connectivity index (χ0) is 24.1. The smallest absolute Gasteiger partial charge is 0.493 e. The van der Waals surface area contributed by atoms with Crippen molar-refractivity contribution in [3.63, 3.8) is 0 Å². The van der Waals surface area contributed by atoms with Gasteiger partial charge in [-0.2, -0.15) is 0 Å². The van der Waals surface area contributed by atoms with Gasteiger partial charge in [-0.3, -0.25) is 24.1 Å². The first-order valence-electron chi connectivity index (χ1n) is 10.0. The maximum absolute atomic E-state index is 12.6. The van der Waals surface area contributed by atoms with Gasteiger partial charge in [0.2, 0.25) is 11.8 Å². The fraction of sp³-hybridized carbons (Fsp3) is 0.632. The third-order valence-corrected chi connectivity index (χ3v) is 4.23. The fourth-order valence-electron chi connectivity index (χ4n) is 2.68. The van der Waals surface area contributed by atoms with E-state index in [1.54, 1.807) is 0 Å².